The first-order valence-corrected chi connectivity index (χ1v) is 10.2. The molecule has 0 aliphatic carbocycles. The van der Waals surface area contributed by atoms with Gasteiger partial charge in [0.2, 0.25) is 0 Å². The van der Waals surface area contributed by atoms with E-state index in [9.17, 15) is 14.4 Å². The van der Waals surface area contributed by atoms with E-state index >= 15 is 0 Å². The molecule has 9 heteroatoms. The van der Waals surface area contributed by atoms with Crippen molar-refractivity contribution in [2.24, 2.45) is 5.92 Å². The first kappa shape index (κ1) is 20.8. The van der Waals surface area contributed by atoms with E-state index in [0.717, 1.165) is 15.8 Å². The van der Waals surface area contributed by atoms with Crippen molar-refractivity contribution < 1.29 is 19.2 Å². The minimum Gasteiger partial charge on any atom is -0.367 e. The monoisotopic (exact) mass is 421 g/mol. The van der Waals surface area contributed by atoms with Crippen LogP contribution in [-0.2, 0) is 9.63 Å². The van der Waals surface area contributed by atoms with Crippen molar-refractivity contribution >= 4 is 46.1 Å². The summed E-state index contributed by atoms with van der Waals surface area (Å²) in [6, 6.07) is 6.50. The van der Waals surface area contributed by atoms with E-state index in [1.54, 1.807) is 36.0 Å². The van der Waals surface area contributed by atoms with Gasteiger partial charge >= 0.3 is 5.97 Å². The molecule has 2 aliphatic heterocycles. The molecule has 28 heavy (non-hydrogen) atoms. The number of nitrogens with one attached hydrogen (secondary N) is 1. The van der Waals surface area contributed by atoms with Crippen molar-refractivity contribution in [3.05, 3.63) is 35.4 Å². The normalized spacial score (nSPS) is 20.9. The third-order valence-electron chi connectivity index (χ3n) is 4.57. The van der Waals surface area contributed by atoms with Crippen molar-refractivity contribution in [2.75, 3.05) is 13.1 Å². The van der Waals surface area contributed by atoms with Gasteiger partial charge < -0.3 is 9.74 Å². The van der Waals surface area contributed by atoms with E-state index < -0.39 is 24.3 Å². The summed E-state index contributed by atoms with van der Waals surface area (Å²) in [5.74, 6) is -1.31. The van der Waals surface area contributed by atoms with Crippen LogP contribution in [0, 0.1) is 5.92 Å². The summed E-state index contributed by atoms with van der Waals surface area (Å²) >= 11 is 7.01. The highest BCUT2D eigenvalue weighted by atomic mass is 32.2. The van der Waals surface area contributed by atoms with Crippen LogP contribution in [-0.4, -0.2) is 55.9 Å². The third kappa shape index (κ3) is 3.92. The second-order valence-corrected chi connectivity index (χ2v) is 10.0. The maximum absolute atomic E-state index is 12.4. The number of hydrogen-bond acceptors (Lipinski definition) is 7. The van der Waals surface area contributed by atoms with E-state index in [4.69, 9.17) is 17.1 Å². The van der Waals surface area contributed by atoms with Crippen molar-refractivity contribution in [1.29, 1.82) is 0 Å². The molecule has 0 aromatic heterocycles. The molecular formula is C19H23N3O4S2. The molecule has 3 rings (SSSR count). The Morgan fingerprint density at radius 1 is 1.25 bits per heavy atom. The highest BCUT2D eigenvalue weighted by molar-refractivity contribution is 8.24. The molecule has 150 valence electrons. The number of rotatable bonds is 6. The molecule has 2 heterocycles. The van der Waals surface area contributed by atoms with Crippen LogP contribution in [0.4, 0.5) is 0 Å². The lowest BCUT2D eigenvalue weighted by Gasteiger charge is -2.32. The second kappa shape index (κ2) is 7.81. The molecule has 1 atom stereocenters. The van der Waals surface area contributed by atoms with Gasteiger partial charge in [0.25, 0.3) is 11.8 Å². The maximum atomic E-state index is 12.4. The van der Waals surface area contributed by atoms with Gasteiger partial charge in [0.15, 0.2) is 0 Å². The number of hydroxylamine groups is 1. The Hall–Kier alpha value is -1.97. The number of fused-ring (bicyclic) bond motifs is 1. The minimum absolute atomic E-state index is 0.301. The number of carbonyl (C=O) groups excluding carboxylic acids is 3. The topological polar surface area (TPSA) is 79.0 Å². The quantitative estimate of drug-likeness (QED) is 0.426. The Morgan fingerprint density at radius 2 is 1.82 bits per heavy atom. The summed E-state index contributed by atoms with van der Waals surface area (Å²) in [6.07, 6.45) is -0.307. The van der Waals surface area contributed by atoms with E-state index in [1.165, 1.54) is 0 Å². The van der Waals surface area contributed by atoms with Crippen molar-refractivity contribution in [2.45, 2.75) is 38.6 Å². The number of thiocarbonyl (C=S) groups is 1. The fraction of sp³-hybridized carbons (Fsp3) is 0.474. The van der Waals surface area contributed by atoms with Gasteiger partial charge in [-0.15, -0.1) is 5.48 Å². The molecule has 0 bridgehead atoms. The van der Waals surface area contributed by atoms with Crippen LogP contribution in [0.3, 0.4) is 0 Å². The van der Waals surface area contributed by atoms with Crippen LogP contribution in [0.5, 0.6) is 0 Å². The summed E-state index contributed by atoms with van der Waals surface area (Å²) in [7, 11) is 0. The van der Waals surface area contributed by atoms with Crippen LogP contribution in [0.2, 0.25) is 0 Å². The predicted molar refractivity (Wildman–Crippen MR) is 111 cm³/mol. The summed E-state index contributed by atoms with van der Waals surface area (Å²) in [4.78, 5) is 45.2. The Morgan fingerprint density at radius 3 is 2.36 bits per heavy atom. The smallest absolute Gasteiger partial charge is 0.344 e. The van der Waals surface area contributed by atoms with Gasteiger partial charge in [-0.1, -0.05) is 50.0 Å². The van der Waals surface area contributed by atoms with Crippen molar-refractivity contribution in [3.8, 4) is 0 Å². The zero-order chi connectivity index (χ0) is 20.6. The van der Waals surface area contributed by atoms with Crippen LogP contribution < -0.4 is 5.48 Å². The summed E-state index contributed by atoms with van der Waals surface area (Å²) in [6.45, 7) is 8.48. The molecule has 1 fully saturated rings. The lowest BCUT2D eigenvalue weighted by molar-refractivity contribution is -0.156. The van der Waals surface area contributed by atoms with Gasteiger partial charge in [-0.3, -0.25) is 14.5 Å². The van der Waals surface area contributed by atoms with Crippen molar-refractivity contribution in [3.63, 3.8) is 0 Å². The second-order valence-electron chi connectivity index (χ2n) is 7.75. The molecule has 2 aliphatic rings. The lowest BCUT2D eigenvalue weighted by atomic mass is 10.1. The van der Waals surface area contributed by atoms with Gasteiger partial charge in [0.1, 0.15) is 17.0 Å². The first-order chi connectivity index (χ1) is 13.1. The average molecular weight is 422 g/mol. The largest absolute Gasteiger partial charge is 0.367 e. The highest BCUT2D eigenvalue weighted by Gasteiger charge is 2.45. The van der Waals surface area contributed by atoms with Crippen LogP contribution in [0.25, 0.3) is 0 Å². The van der Waals surface area contributed by atoms with Gasteiger partial charge in [-0.2, -0.15) is 0 Å². The number of amides is 2. The Kier molecular flexibility index (Phi) is 5.79. The first-order valence-electron chi connectivity index (χ1n) is 9.02. The van der Waals surface area contributed by atoms with E-state index in [1.807, 2.05) is 18.7 Å². The number of thioether (sulfide) groups is 1. The summed E-state index contributed by atoms with van der Waals surface area (Å²) in [5.41, 5.74) is 3.40. The van der Waals surface area contributed by atoms with Crippen molar-refractivity contribution in [1.82, 2.24) is 15.3 Å². The highest BCUT2D eigenvalue weighted by Crippen LogP contribution is 2.40. The predicted octanol–water partition coefficient (Wildman–Crippen LogP) is 2.42. The average Bonchev–Trinajstić information content (AvgIpc) is 2.97. The summed E-state index contributed by atoms with van der Waals surface area (Å²) in [5, 5.41) is 0. The summed E-state index contributed by atoms with van der Waals surface area (Å²) < 4.78 is 0.439. The molecule has 0 saturated carbocycles. The molecule has 0 spiro atoms. The Balaban J connectivity index is 1.63. The number of benzene rings is 1. The maximum Gasteiger partial charge on any atom is 0.344 e. The SMILES string of the molecule is CC(C)CN1C(=S)SC(C)(C)[C@H]1NOC(=O)CN1C(=O)c2ccccc2C1=O. The third-order valence-corrected chi connectivity index (χ3v) is 6.21. The van der Waals surface area contributed by atoms with Crippen LogP contribution >= 0.6 is 24.0 Å². The fourth-order valence-electron chi connectivity index (χ4n) is 3.26. The fourth-order valence-corrected chi connectivity index (χ4v) is 5.12. The minimum atomic E-state index is -0.711. The van der Waals surface area contributed by atoms with Gasteiger partial charge in [-0.25, -0.2) is 4.79 Å². The number of carbonyl (C=O) groups is 3. The molecule has 2 amide bonds. The lowest BCUT2D eigenvalue weighted by Crippen LogP contribution is -2.53. The number of imide groups is 1. The van der Waals surface area contributed by atoms with Gasteiger partial charge in [-0.05, 0) is 31.9 Å². The molecule has 1 saturated heterocycles. The van der Waals surface area contributed by atoms with Gasteiger partial charge in [0.05, 0.1) is 15.9 Å². The van der Waals surface area contributed by atoms with E-state index in [0.29, 0.717) is 17.0 Å². The molecule has 0 radical (unpaired) electrons. The molecular weight excluding hydrogens is 398 g/mol. The number of hydrogen-bond donors (Lipinski definition) is 1. The Labute approximate surface area is 173 Å². The molecule has 0 unspecified atom stereocenters. The van der Waals surface area contributed by atoms with Crippen LogP contribution in [0.1, 0.15) is 48.4 Å². The molecule has 1 aromatic rings. The molecule has 7 nitrogen and oxygen atoms in total. The van der Waals surface area contributed by atoms with E-state index in [-0.39, 0.29) is 10.9 Å². The molecule has 1 aromatic carbocycles. The van der Waals surface area contributed by atoms with E-state index in [2.05, 4.69) is 19.3 Å². The van der Waals surface area contributed by atoms with Gasteiger partial charge in [0, 0.05) is 6.54 Å². The van der Waals surface area contributed by atoms with Crippen LogP contribution in [0.15, 0.2) is 24.3 Å². The number of nitrogens with zero attached hydrogens (tertiary/aromatic N) is 2. The zero-order valence-electron chi connectivity index (χ0n) is 16.2. The standard InChI is InChI=1S/C19H23N3O4S2/c1-11(2)9-22-17(19(3,4)28-18(22)27)20-26-14(23)10-21-15(24)12-7-5-6-8-13(12)16(21)25/h5-8,11,17,20H,9-10H2,1-4H3/t17-/m0/s1. The zero-order valence-corrected chi connectivity index (χ0v) is 17.9. The molecule has 1 N–H and O–H groups in total. The Bertz CT molecular complexity index is 805.